The van der Waals surface area contributed by atoms with E-state index in [0.29, 0.717) is 25.0 Å². The molecule has 2 rings (SSSR count). The first-order valence-electron chi connectivity index (χ1n) is 6.13. The zero-order valence-corrected chi connectivity index (χ0v) is 10.3. The van der Waals surface area contributed by atoms with Crippen LogP contribution in [0.1, 0.15) is 42.6 Å². The number of carbonyl (C=O) groups excluding carboxylic acids is 1. The van der Waals surface area contributed by atoms with Gasteiger partial charge < -0.3 is 9.84 Å². The van der Waals surface area contributed by atoms with Crippen LogP contribution in [0.5, 0.6) is 5.75 Å². The predicted octanol–water partition coefficient (Wildman–Crippen LogP) is 2.36. The van der Waals surface area contributed by atoms with Crippen LogP contribution >= 0.6 is 0 Å². The highest BCUT2D eigenvalue weighted by Gasteiger charge is 2.33. The molecule has 1 aliphatic heterocycles. The largest absolute Gasteiger partial charge is 0.493 e. The van der Waals surface area contributed by atoms with Crippen molar-refractivity contribution in [2.75, 3.05) is 6.61 Å². The Bertz CT molecular complexity index is 433. The Kier molecular flexibility index (Phi) is 3.20. The van der Waals surface area contributed by atoms with Crippen molar-refractivity contribution in [2.45, 2.75) is 38.7 Å². The quantitative estimate of drug-likeness (QED) is 0.813. The zero-order valence-electron chi connectivity index (χ0n) is 10.3. The fraction of sp³-hybridized carbons (Fsp3) is 0.500. The van der Waals surface area contributed by atoms with Crippen LogP contribution in [0.3, 0.4) is 0 Å². The number of hydrogen-bond acceptors (Lipinski definition) is 3. The van der Waals surface area contributed by atoms with E-state index >= 15 is 0 Å². The van der Waals surface area contributed by atoms with Crippen molar-refractivity contribution in [3.05, 3.63) is 29.3 Å². The Morgan fingerprint density at radius 3 is 2.76 bits per heavy atom. The molecule has 0 unspecified atom stereocenters. The van der Waals surface area contributed by atoms with Gasteiger partial charge >= 0.3 is 0 Å². The van der Waals surface area contributed by atoms with Crippen molar-refractivity contribution in [3.63, 3.8) is 0 Å². The summed E-state index contributed by atoms with van der Waals surface area (Å²) in [6, 6.07) is 5.41. The third-order valence-corrected chi connectivity index (χ3v) is 3.54. The van der Waals surface area contributed by atoms with Gasteiger partial charge in [0, 0.05) is 12.0 Å². The van der Waals surface area contributed by atoms with Gasteiger partial charge in [0.2, 0.25) is 0 Å². The summed E-state index contributed by atoms with van der Waals surface area (Å²) >= 11 is 0. The first-order chi connectivity index (χ1) is 8.10. The van der Waals surface area contributed by atoms with Crippen molar-refractivity contribution in [1.82, 2.24) is 0 Å². The van der Waals surface area contributed by atoms with Gasteiger partial charge in [-0.25, -0.2) is 0 Å². The van der Waals surface area contributed by atoms with Crippen LogP contribution in [-0.2, 0) is 6.42 Å². The van der Waals surface area contributed by atoms with Crippen LogP contribution in [0, 0.1) is 0 Å². The third kappa shape index (κ3) is 2.07. The second-order valence-electron chi connectivity index (χ2n) is 4.49. The molecule has 1 aliphatic rings. The van der Waals surface area contributed by atoms with Crippen molar-refractivity contribution >= 4 is 5.78 Å². The normalized spacial score (nSPS) is 14.3. The molecule has 0 saturated carbocycles. The molecule has 1 aromatic carbocycles. The number of benzene rings is 1. The lowest BCUT2D eigenvalue weighted by atomic mass is 9.87. The minimum absolute atomic E-state index is 0.183. The van der Waals surface area contributed by atoms with E-state index in [1.165, 1.54) is 0 Å². The molecule has 1 aromatic rings. The minimum atomic E-state index is -1.23. The number of ether oxygens (including phenoxy) is 1. The van der Waals surface area contributed by atoms with Gasteiger partial charge in [-0.2, -0.15) is 0 Å². The molecule has 17 heavy (non-hydrogen) atoms. The molecule has 0 aliphatic carbocycles. The molecule has 0 atom stereocenters. The van der Waals surface area contributed by atoms with Crippen LogP contribution in [0.2, 0.25) is 0 Å². The average Bonchev–Trinajstić information content (AvgIpc) is 2.84. The van der Waals surface area contributed by atoms with Gasteiger partial charge in [0.05, 0.1) is 6.61 Å². The first kappa shape index (κ1) is 12.1. The summed E-state index contributed by atoms with van der Waals surface area (Å²) in [5, 5.41) is 10.2. The van der Waals surface area contributed by atoms with E-state index < -0.39 is 5.60 Å². The molecule has 1 heterocycles. The molecule has 0 saturated heterocycles. The van der Waals surface area contributed by atoms with Crippen LogP contribution in [0.15, 0.2) is 18.2 Å². The number of hydrogen-bond donors (Lipinski definition) is 1. The van der Waals surface area contributed by atoms with Gasteiger partial charge in [0.15, 0.2) is 5.78 Å². The van der Waals surface area contributed by atoms with Gasteiger partial charge in [0.25, 0.3) is 0 Å². The number of aliphatic hydroxyl groups is 1. The van der Waals surface area contributed by atoms with Crippen LogP contribution in [0.25, 0.3) is 0 Å². The highest BCUT2D eigenvalue weighted by molar-refractivity contribution is 6.02. The highest BCUT2D eigenvalue weighted by Crippen LogP contribution is 2.28. The minimum Gasteiger partial charge on any atom is -0.493 e. The molecule has 0 bridgehead atoms. The van der Waals surface area contributed by atoms with E-state index in [2.05, 4.69) is 0 Å². The lowest BCUT2D eigenvalue weighted by Gasteiger charge is -2.23. The van der Waals surface area contributed by atoms with Crippen molar-refractivity contribution in [1.29, 1.82) is 0 Å². The summed E-state index contributed by atoms with van der Waals surface area (Å²) in [6.45, 7) is 4.34. The van der Waals surface area contributed by atoms with E-state index in [0.717, 1.165) is 17.7 Å². The summed E-state index contributed by atoms with van der Waals surface area (Å²) in [5.74, 6) is 0.676. The summed E-state index contributed by atoms with van der Waals surface area (Å²) in [5.41, 5.74) is 0.416. The molecule has 0 aromatic heterocycles. The summed E-state index contributed by atoms with van der Waals surface area (Å²) < 4.78 is 5.40. The predicted molar refractivity (Wildman–Crippen MR) is 65.5 cm³/mol. The maximum atomic E-state index is 12.2. The lowest BCUT2D eigenvalue weighted by molar-refractivity contribution is 0.0277. The van der Waals surface area contributed by atoms with Gasteiger partial charge in [0.1, 0.15) is 11.4 Å². The summed E-state index contributed by atoms with van der Waals surface area (Å²) in [6.07, 6.45) is 1.72. The molecule has 1 N–H and O–H groups in total. The summed E-state index contributed by atoms with van der Waals surface area (Å²) in [4.78, 5) is 12.2. The molecular weight excluding hydrogens is 216 g/mol. The first-order valence-corrected chi connectivity index (χ1v) is 6.13. The lowest BCUT2D eigenvalue weighted by Crippen LogP contribution is -2.37. The molecule has 92 valence electrons. The van der Waals surface area contributed by atoms with E-state index in [9.17, 15) is 9.90 Å². The van der Waals surface area contributed by atoms with Crippen LogP contribution in [0.4, 0.5) is 0 Å². The second-order valence-corrected chi connectivity index (χ2v) is 4.49. The number of ketones is 1. The van der Waals surface area contributed by atoms with Crippen molar-refractivity contribution < 1.29 is 14.6 Å². The maximum absolute atomic E-state index is 12.2. The Morgan fingerprint density at radius 2 is 2.12 bits per heavy atom. The average molecular weight is 234 g/mol. The SMILES string of the molecule is CCC(O)(CC)C(=O)c1ccc2c(c1)CCO2. The van der Waals surface area contributed by atoms with E-state index in [1.54, 1.807) is 6.07 Å². The van der Waals surface area contributed by atoms with Crippen LogP contribution in [-0.4, -0.2) is 23.1 Å². The van der Waals surface area contributed by atoms with Crippen LogP contribution < -0.4 is 4.74 Å². The fourth-order valence-corrected chi connectivity index (χ4v) is 2.17. The van der Waals surface area contributed by atoms with Crippen molar-refractivity contribution in [3.8, 4) is 5.75 Å². The van der Waals surface area contributed by atoms with E-state index in [-0.39, 0.29) is 5.78 Å². The van der Waals surface area contributed by atoms with Crippen molar-refractivity contribution in [2.24, 2.45) is 0 Å². The summed E-state index contributed by atoms with van der Waals surface area (Å²) in [7, 11) is 0. The standard InChI is InChI=1S/C14H18O3/c1-3-14(16,4-2)13(15)11-5-6-12-10(9-11)7-8-17-12/h5-6,9,16H,3-4,7-8H2,1-2H3. The topological polar surface area (TPSA) is 46.5 Å². The number of Topliss-reactive ketones (excluding diaryl/α,β-unsaturated/α-hetero) is 1. The number of carbonyl (C=O) groups is 1. The molecule has 0 amide bonds. The Morgan fingerprint density at radius 1 is 1.41 bits per heavy atom. The number of rotatable bonds is 4. The smallest absolute Gasteiger partial charge is 0.194 e. The highest BCUT2D eigenvalue weighted by atomic mass is 16.5. The Labute approximate surface area is 101 Å². The monoisotopic (exact) mass is 234 g/mol. The molecule has 3 nitrogen and oxygen atoms in total. The van der Waals surface area contributed by atoms with Gasteiger partial charge in [-0.3, -0.25) is 4.79 Å². The van der Waals surface area contributed by atoms with E-state index in [1.807, 2.05) is 26.0 Å². The van der Waals surface area contributed by atoms with Gasteiger partial charge in [-0.1, -0.05) is 13.8 Å². The Hall–Kier alpha value is -1.35. The molecular formula is C14H18O3. The molecule has 0 fully saturated rings. The zero-order chi connectivity index (χ0) is 12.5. The Balaban J connectivity index is 2.31. The maximum Gasteiger partial charge on any atom is 0.194 e. The third-order valence-electron chi connectivity index (χ3n) is 3.54. The molecule has 0 spiro atoms. The number of fused-ring (bicyclic) bond motifs is 1. The molecule has 0 radical (unpaired) electrons. The fourth-order valence-electron chi connectivity index (χ4n) is 2.17. The molecule has 3 heteroatoms. The second kappa shape index (κ2) is 4.49. The van der Waals surface area contributed by atoms with Gasteiger partial charge in [-0.15, -0.1) is 0 Å². The van der Waals surface area contributed by atoms with E-state index in [4.69, 9.17) is 4.74 Å². The van der Waals surface area contributed by atoms with Gasteiger partial charge in [-0.05, 0) is 36.6 Å².